The lowest BCUT2D eigenvalue weighted by molar-refractivity contribution is -0.136. The molecular weight excluding hydrogens is 480 g/mol. The van der Waals surface area contributed by atoms with E-state index in [9.17, 15) is 23.2 Å². The zero-order valence-electron chi connectivity index (χ0n) is 20.4. The first-order valence-electron chi connectivity index (χ1n) is 13.0. The predicted octanol–water partition coefficient (Wildman–Crippen LogP) is 3.52. The second kappa shape index (κ2) is 9.52. The molecule has 1 N–H and O–H groups in total. The molecule has 2 saturated heterocycles. The third-order valence-corrected chi connectivity index (χ3v) is 8.23. The largest absolute Gasteiger partial charge is 0.489 e. The Hall–Kier alpha value is -3.33. The quantitative estimate of drug-likeness (QED) is 0.625. The molecule has 6 rings (SSSR count). The normalized spacial score (nSPS) is 26.6. The number of carbonyl (C=O) groups excluding carboxylic acids is 3. The number of imide groups is 1. The molecule has 9 heteroatoms. The SMILES string of the molecule is O=C1CCC(N2Cc3cc(O[C@H]4CCCC[C@H]4N4CC(c5ccc(F)cc5F)C4)ccc3C2=O)C(=O)N1. The van der Waals surface area contributed by atoms with Gasteiger partial charge >= 0.3 is 0 Å². The summed E-state index contributed by atoms with van der Waals surface area (Å²) in [5.74, 6) is -1.24. The first kappa shape index (κ1) is 24.0. The number of ether oxygens (including phenoxy) is 1. The first-order valence-corrected chi connectivity index (χ1v) is 13.0. The van der Waals surface area contributed by atoms with Crippen molar-refractivity contribution in [2.45, 2.75) is 69.2 Å². The van der Waals surface area contributed by atoms with Crippen LogP contribution in [0.15, 0.2) is 36.4 Å². The Bertz CT molecular complexity index is 1260. The Labute approximate surface area is 213 Å². The van der Waals surface area contributed by atoms with Crippen LogP contribution in [-0.2, 0) is 16.1 Å². The van der Waals surface area contributed by atoms with Crippen LogP contribution >= 0.6 is 0 Å². The van der Waals surface area contributed by atoms with E-state index in [1.165, 1.54) is 11.0 Å². The van der Waals surface area contributed by atoms with Crippen molar-refractivity contribution >= 4 is 17.7 Å². The maximum Gasteiger partial charge on any atom is 0.255 e. The van der Waals surface area contributed by atoms with Gasteiger partial charge in [0.1, 0.15) is 29.5 Å². The summed E-state index contributed by atoms with van der Waals surface area (Å²) < 4.78 is 34.0. The van der Waals surface area contributed by atoms with E-state index in [-0.39, 0.29) is 36.3 Å². The monoisotopic (exact) mass is 509 g/mol. The second-order valence-electron chi connectivity index (χ2n) is 10.5. The van der Waals surface area contributed by atoms with E-state index < -0.39 is 23.6 Å². The lowest BCUT2D eigenvalue weighted by Gasteiger charge is -2.48. The molecule has 3 fully saturated rings. The van der Waals surface area contributed by atoms with E-state index in [0.29, 0.717) is 42.9 Å². The molecule has 0 bridgehead atoms. The maximum atomic E-state index is 14.2. The number of benzene rings is 2. The van der Waals surface area contributed by atoms with Crippen LogP contribution < -0.4 is 10.1 Å². The molecule has 2 aromatic rings. The van der Waals surface area contributed by atoms with E-state index in [4.69, 9.17) is 4.74 Å². The molecule has 3 aliphatic heterocycles. The van der Waals surface area contributed by atoms with Crippen molar-refractivity contribution in [2.75, 3.05) is 13.1 Å². The second-order valence-corrected chi connectivity index (χ2v) is 10.5. The van der Waals surface area contributed by atoms with Gasteiger partial charge in [0, 0.05) is 49.6 Å². The molecule has 3 amide bonds. The van der Waals surface area contributed by atoms with Gasteiger partial charge in [-0.15, -0.1) is 0 Å². The van der Waals surface area contributed by atoms with Crippen molar-refractivity contribution in [2.24, 2.45) is 0 Å². The van der Waals surface area contributed by atoms with Gasteiger partial charge in [0.05, 0.1) is 0 Å². The Morgan fingerprint density at radius 1 is 0.946 bits per heavy atom. The number of hydrogen-bond donors (Lipinski definition) is 1. The Kier molecular flexibility index (Phi) is 6.18. The smallest absolute Gasteiger partial charge is 0.255 e. The minimum absolute atomic E-state index is 0.0193. The zero-order chi connectivity index (χ0) is 25.7. The van der Waals surface area contributed by atoms with Crippen LogP contribution in [0, 0.1) is 11.6 Å². The topological polar surface area (TPSA) is 79.0 Å². The standard InChI is InChI=1S/C28H29F2N3O4/c29-18-5-7-20(22(30)12-18)17-13-32(14-17)23-3-1-2-4-25(23)37-19-6-8-21-16(11-19)15-33(28(21)36)24-9-10-26(34)31-27(24)35/h5-8,11-12,17,23-25H,1-4,9-10,13-15H2,(H,31,34,35)/t23-,24?,25+/m1/s1. The van der Waals surface area contributed by atoms with Gasteiger partial charge in [-0.1, -0.05) is 12.5 Å². The van der Waals surface area contributed by atoms with Crippen LogP contribution in [0.3, 0.4) is 0 Å². The molecular formula is C28H29F2N3O4. The number of fused-ring (bicyclic) bond motifs is 1. The predicted molar refractivity (Wildman–Crippen MR) is 130 cm³/mol. The number of nitrogens with one attached hydrogen (secondary N) is 1. The van der Waals surface area contributed by atoms with E-state index >= 15 is 0 Å². The molecule has 1 aliphatic carbocycles. The van der Waals surface area contributed by atoms with E-state index in [0.717, 1.165) is 37.3 Å². The van der Waals surface area contributed by atoms with Crippen LogP contribution in [0.2, 0.25) is 0 Å². The highest BCUT2D eigenvalue weighted by molar-refractivity contribution is 6.05. The fraction of sp³-hybridized carbons (Fsp3) is 0.464. The summed E-state index contributed by atoms with van der Waals surface area (Å²) in [5, 5.41) is 2.33. The molecule has 0 radical (unpaired) electrons. The van der Waals surface area contributed by atoms with Crippen LogP contribution in [0.4, 0.5) is 8.78 Å². The van der Waals surface area contributed by atoms with Gasteiger partial charge in [0.2, 0.25) is 11.8 Å². The van der Waals surface area contributed by atoms with Gasteiger partial charge in [-0.05, 0) is 61.1 Å². The molecule has 4 aliphatic rings. The number of carbonyl (C=O) groups is 3. The molecule has 7 nitrogen and oxygen atoms in total. The zero-order valence-corrected chi connectivity index (χ0v) is 20.4. The van der Waals surface area contributed by atoms with Crippen molar-refractivity contribution in [3.05, 3.63) is 64.7 Å². The molecule has 2 aromatic carbocycles. The molecule has 1 unspecified atom stereocenters. The highest BCUT2D eigenvalue weighted by atomic mass is 19.1. The van der Waals surface area contributed by atoms with Crippen LogP contribution in [-0.4, -0.2) is 58.8 Å². The highest BCUT2D eigenvalue weighted by Gasteiger charge is 2.41. The molecule has 0 spiro atoms. The van der Waals surface area contributed by atoms with Crippen LogP contribution in [0.1, 0.15) is 65.9 Å². The van der Waals surface area contributed by atoms with E-state index in [1.54, 1.807) is 12.1 Å². The summed E-state index contributed by atoms with van der Waals surface area (Å²) in [5.41, 5.74) is 1.94. The summed E-state index contributed by atoms with van der Waals surface area (Å²) in [6, 6.07) is 8.83. The molecule has 3 heterocycles. The summed E-state index contributed by atoms with van der Waals surface area (Å²) in [6.07, 6.45) is 4.61. The average Bonchev–Trinajstić information content (AvgIpc) is 3.16. The van der Waals surface area contributed by atoms with Gasteiger partial charge in [-0.2, -0.15) is 0 Å². The molecule has 194 valence electrons. The van der Waals surface area contributed by atoms with Gasteiger partial charge in [0.25, 0.3) is 5.91 Å². The Morgan fingerprint density at radius 3 is 2.54 bits per heavy atom. The number of nitrogens with zero attached hydrogens (tertiary/aromatic N) is 2. The minimum atomic E-state index is -0.644. The van der Waals surface area contributed by atoms with Gasteiger partial charge < -0.3 is 9.64 Å². The lowest BCUT2D eigenvalue weighted by atomic mass is 9.84. The molecule has 3 atom stereocenters. The van der Waals surface area contributed by atoms with Crippen molar-refractivity contribution in [1.29, 1.82) is 0 Å². The number of halogens is 2. The summed E-state index contributed by atoms with van der Waals surface area (Å²) in [7, 11) is 0. The molecule has 0 aromatic heterocycles. The average molecular weight is 510 g/mol. The van der Waals surface area contributed by atoms with Gasteiger partial charge in [-0.25, -0.2) is 8.78 Å². The van der Waals surface area contributed by atoms with Gasteiger partial charge in [0.15, 0.2) is 0 Å². The molecule has 37 heavy (non-hydrogen) atoms. The van der Waals surface area contributed by atoms with Crippen molar-refractivity contribution < 1.29 is 27.9 Å². The lowest BCUT2D eigenvalue weighted by Crippen LogP contribution is -2.57. The fourth-order valence-electron chi connectivity index (χ4n) is 6.24. The summed E-state index contributed by atoms with van der Waals surface area (Å²) in [6.45, 7) is 1.74. The number of rotatable bonds is 5. The molecule has 1 saturated carbocycles. The minimum Gasteiger partial charge on any atom is -0.489 e. The van der Waals surface area contributed by atoms with Crippen molar-refractivity contribution in [3.63, 3.8) is 0 Å². The number of likely N-dealkylation sites (tertiary alicyclic amines) is 1. The summed E-state index contributed by atoms with van der Waals surface area (Å²) in [4.78, 5) is 40.6. The highest BCUT2D eigenvalue weighted by Crippen LogP contribution is 2.37. The number of piperidine rings is 1. The Balaban J connectivity index is 1.12. The van der Waals surface area contributed by atoms with Crippen LogP contribution in [0.5, 0.6) is 5.75 Å². The third-order valence-electron chi connectivity index (χ3n) is 8.23. The summed E-state index contributed by atoms with van der Waals surface area (Å²) >= 11 is 0. The fourth-order valence-corrected chi connectivity index (χ4v) is 6.24. The van der Waals surface area contributed by atoms with Crippen LogP contribution in [0.25, 0.3) is 0 Å². The van der Waals surface area contributed by atoms with Crippen molar-refractivity contribution in [3.8, 4) is 5.75 Å². The number of amides is 3. The third kappa shape index (κ3) is 4.50. The van der Waals surface area contributed by atoms with Crippen molar-refractivity contribution in [1.82, 2.24) is 15.1 Å². The number of hydrogen-bond acceptors (Lipinski definition) is 5. The van der Waals surface area contributed by atoms with Gasteiger partial charge in [-0.3, -0.25) is 24.6 Å². The van der Waals surface area contributed by atoms with E-state index in [1.807, 2.05) is 12.1 Å². The maximum absolute atomic E-state index is 14.2. The first-order chi connectivity index (χ1) is 17.9. The van der Waals surface area contributed by atoms with E-state index in [2.05, 4.69) is 10.2 Å². The Morgan fingerprint density at radius 2 is 1.76 bits per heavy atom.